The number of carbonyl (C=O) groups excluding carboxylic acids is 2. The lowest BCUT2D eigenvalue weighted by Crippen LogP contribution is -2.50. The van der Waals surface area contributed by atoms with Gasteiger partial charge in [-0.25, -0.2) is 0 Å². The summed E-state index contributed by atoms with van der Waals surface area (Å²) in [6, 6.07) is 5.31. The highest BCUT2D eigenvalue weighted by Gasteiger charge is 2.27. The molecule has 0 aliphatic carbocycles. The molecule has 1 aliphatic heterocycles. The zero-order chi connectivity index (χ0) is 18.8. The number of hydrogen-bond donors (Lipinski definition) is 1. The van der Waals surface area contributed by atoms with E-state index in [9.17, 15) is 14.4 Å². The maximum Gasteiger partial charge on any atom is 0.303 e. The summed E-state index contributed by atoms with van der Waals surface area (Å²) in [7, 11) is 0. The molecule has 0 atom stereocenters. The zero-order valence-corrected chi connectivity index (χ0v) is 16.0. The number of halogens is 2. The second kappa shape index (κ2) is 7.82. The molecule has 1 aromatic carbocycles. The van der Waals surface area contributed by atoms with Gasteiger partial charge in [-0.2, -0.15) is 0 Å². The number of carboxylic acids is 1. The van der Waals surface area contributed by atoms with Crippen molar-refractivity contribution in [3.05, 3.63) is 33.1 Å². The predicted molar refractivity (Wildman–Crippen MR) is 101 cm³/mol. The molecule has 2 aromatic rings. The Balaban J connectivity index is 1.66. The second-order valence-corrected chi connectivity index (χ2v) is 7.82. The SMILES string of the molecule is O=C(O)CCC(=O)N1CCN(C(=O)c2sc3cc(Cl)ccc3c2Cl)CC1. The van der Waals surface area contributed by atoms with Crippen molar-refractivity contribution in [2.75, 3.05) is 26.2 Å². The largest absolute Gasteiger partial charge is 0.481 e. The fraction of sp³-hybridized carbons (Fsp3) is 0.353. The first-order chi connectivity index (χ1) is 12.4. The van der Waals surface area contributed by atoms with Crippen LogP contribution in [0.25, 0.3) is 10.1 Å². The topological polar surface area (TPSA) is 77.9 Å². The first-order valence-corrected chi connectivity index (χ1v) is 9.60. The van der Waals surface area contributed by atoms with Gasteiger partial charge in [0.05, 0.1) is 11.4 Å². The Hall–Kier alpha value is -1.83. The van der Waals surface area contributed by atoms with Crippen molar-refractivity contribution < 1.29 is 19.5 Å². The number of amides is 2. The van der Waals surface area contributed by atoms with E-state index in [0.29, 0.717) is 41.1 Å². The highest BCUT2D eigenvalue weighted by Crippen LogP contribution is 2.37. The van der Waals surface area contributed by atoms with Crippen molar-refractivity contribution in [1.82, 2.24) is 9.80 Å². The van der Waals surface area contributed by atoms with Crippen molar-refractivity contribution in [2.45, 2.75) is 12.8 Å². The maximum atomic E-state index is 12.8. The van der Waals surface area contributed by atoms with E-state index in [-0.39, 0.29) is 24.7 Å². The molecule has 1 aliphatic rings. The minimum atomic E-state index is -0.994. The van der Waals surface area contributed by atoms with Crippen molar-refractivity contribution in [1.29, 1.82) is 0 Å². The first kappa shape index (κ1) is 18.9. The van der Waals surface area contributed by atoms with E-state index in [0.717, 1.165) is 10.1 Å². The molecule has 0 radical (unpaired) electrons. The lowest BCUT2D eigenvalue weighted by atomic mass is 10.2. The van der Waals surface area contributed by atoms with E-state index in [1.165, 1.54) is 11.3 Å². The molecule has 2 amide bonds. The normalized spacial score (nSPS) is 14.7. The average molecular weight is 415 g/mol. The monoisotopic (exact) mass is 414 g/mol. The summed E-state index contributed by atoms with van der Waals surface area (Å²) in [5.41, 5.74) is 0. The van der Waals surface area contributed by atoms with Crippen molar-refractivity contribution in [3.8, 4) is 0 Å². The van der Waals surface area contributed by atoms with Crippen molar-refractivity contribution >= 4 is 62.4 Å². The number of carbonyl (C=O) groups is 3. The molecule has 6 nitrogen and oxygen atoms in total. The van der Waals surface area contributed by atoms with Gasteiger partial charge in [0.2, 0.25) is 5.91 Å². The number of fused-ring (bicyclic) bond motifs is 1. The Labute approximate surface area is 163 Å². The van der Waals surface area contributed by atoms with Crippen LogP contribution in [0.4, 0.5) is 0 Å². The van der Waals surface area contributed by atoms with Crippen LogP contribution in [0.5, 0.6) is 0 Å². The molecule has 1 N–H and O–H groups in total. The molecule has 0 spiro atoms. The molecule has 0 bridgehead atoms. The van der Waals surface area contributed by atoms with E-state index >= 15 is 0 Å². The van der Waals surface area contributed by atoms with Gasteiger partial charge in [-0.1, -0.05) is 29.3 Å². The molecule has 9 heteroatoms. The van der Waals surface area contributed by atoms with Gasteiger partial charge in [-0.05, 0) is 12.1 Å². The molecule has 0 unspecified atom stereocenters. The first-order valence-electron chi connectivity index (χ1n) is 8.03. The standard InChI is InChI=1S/C17H16Cl2N2O4S/c18-10-1-2-11-12(9-10)26-16(15(11)19)17(25)21-7-5-20(6-8-21)13(22)3-4-14(23)24/h1-2,9H,3-8H2,(H,23,24). The van der Waals surface area contributed by atoms with E-state index in [4.69, 9.17) is 28.3 Å². The third-order valence-corrected chi connectivity index (χ3v) is 6.14. The van der Waals surface area contributed by atoms with Gasteiger partial charge in [0.15, 0.2) is 0 Å². The zero-order valence-electron chi connectivity index (χ0n) is 13.7. The van der Waals surface area contributed by atoms with Crippen LogP contribution in [-0.4, -0.2) is 58.9 Å². The third-order valence-electron chi connectivity index (χ3n) is 4.26. The number of hydrogen-bond acceptors (Lipinski definition) is 4. The molecular formula is C17H16Cl2N2O4S. The number of rotatable bonds is 4. The van der Waals surface area contributed by atoms with Crippen molar-refractivity contribution in [2.24, 2.45) is 0 Å². The van der Waals surface area contributed by atoms with Crippen LogP contribution >= 0.6 is 34.5 Å². The van der Waals surface area contributed by atoms with E-state index in [1.54, 1.807) is 28.0 Å². The molecule has 1 aromatic heterocycles. The number of benzene rings is 1. The van der Waals surface area contributed by atoms with Gasteiger partial charge in [-0.3, -0.25) is 14.4 Å². The minimum absolute atomic E-state index is 0.0216. The Bertz CT molecular complexity index is 875. The number of nitrogens with zero attached hydrogens (tertiary/aromatic N) is 2. The van der Waals surface area contributed by atoms with Gasteiger partial charge in [0, 0.05) is 47.7 Å². The summed E-state index contributed by atoms with van der Waals surface area (Å²) in [5.74, 6) is -1.36. The summed E-state index contributed by atoms with van der Waals surface area (Å²) in [4.78, 5) is 39.1. The summed E-state index contributed by atoms with van der Waals surface area (Å²) >= 11 is 13.7. The van der Waals surface area contributed by atoms with Gasteiger partial charge in [0.25, 0.3) is 5.91 Å². The third kappa shape index (κ3) is 3.95. The number of aliphatic carboxylic acids is 1. The van der Waals surface area contributed by atoms with Crippen molar-refractivity contribution in [3.63, 3.8) is 0 Å². The summed E-state index contributed by atoms with van der Waals surface area (Å²) in [6.45, 7) is 1.56. The van der Waals surface area contributed by atoms with Crippen LogP contribution < -0.4 is 0 Å². The number of thiophene rings is 1. The molecule has 26 heavy (non-hydrogen) atoms. The smallest absolute Gasteiger partial charge is 0.303 e. The highest BCUT2D eigenvalue weighted by atomic mass is 35.5. The van der Waals surface area contributed by atoms with Crippen LogP contribution in [0, 0.1) is 0 Å². The number of piperazine rings is 1. The van der Waals surface area contributed by atoms with E-state index in [2.05, 4.69) is 0 Å². The van der Waals surface area contributed by atoms with Crippen LogP contribution in [0.3, 0.4) is 0 Å². The summed E-state index contributed by atoms with van der Waals surface area (Å²) in [5, 5.41) is 10.5. The number of carboxylic acid groups (broad SMARTS) is 1. The van der Waals surface area contributed by atoms with E-state index in [1.807, 2.05) is 0 Å². The van der Waals surface area contributed by atoms with Gasteiger partial charge < -0.3 is 14.9 Å². The Morgan fingerprint density at radius 2 is 1.69 bits per heavy atom. The van der Waals surface area contributed by atoms with E-state index < -0.39 is 5.97 Å². The molecule has 0 saturated carbocycles. The molecular weight excluding hydrogens is 399 g/mol. The second-order valence-electron chi connectivity index (χ2n) is 5.95. The van der Waals surface area contributed by atoms with Gasteiger partial charge in [-0.15, -0.1) is 11.3 Å². The Kier molecular flexibility index (Phi) is 5.70. The average Bonchev–Trinajstić information content (AvgIpc) is 2.95. The fourth-order valence-corrected chi connectivity index (χ4v) is 4.61. The maximum absolute atomic E-state index is 12.8. The quantitative estimate of drug-likeness (QED) is 0.831. The molecule has 3 rings (SSSR count). The lowest BCUT2D eigenvalue weighted by Gasteiger charge is -2.34. The lowest BCUT2D eigenvalue weighted by molar-refractivity contribution is -0.141. The molecule has 2 heterocycles. The van der Waals surface area contributed by atoms with Crippen LogP contribution in [-0.2, 0) is 9.59 Å². The highest BCUT2D eigenvalue weighted by molar-refractivity contribution is 7.21. The predicted octanol–water partition coefficient (Wildman–Crippen LogP) is 3.36. The van der Waals surface area contributed by atoms with Crippen LogP contribution in [0.1, 0.15) is 22.5 Å². The van der Waals surface area contributed by atoms with Gasteiger partial charge >= 0.3 is 5.97 Å². The summed E-state index contributed by atoms with van der Waals surface area (Å²) < 4.78 is 0.855. The molecule has 138 valence electrons. The van der Waals surface area contributed by atoms with Crippen LogP contribution in [0.15, 0.2) is 18.2 Å². The minimum Gasteiger partial charge on any atom is -0.481 e. The Morgan fingerprint density at radius 3 is 2.35 bits per heavy atom. The molecule has 1 saturated heterocycles. The summed E-state index contributed by atoms with van der Waals surface area (Å²) in [6.07, 6.45) is -0.204. The van der Waals surface area contributed by atoms with Crippen LogP contribution in [0.2, 0.25) is 10.0 Å². The Morgan fingerprint density at radius 1 is 1.04 bits per heavy atom. The fourth-order valence-electron chi connectivity index (χ4n) is 2.85. The van der Waals surface area contributed by atoms with Gasteiger partial charge in [0.1, 0.15) is 4.88 Å². The molecule has 1 fully saturated rings.